The van der Waals surface area contributed by atoms with Gasteiger partial charge in [-0.25, -0.2) is 4.79 Å². The fourth-order valence-corrected chi connectivity index (χ4v) is 3.64. The third-order valence-corrected chi connectivity index (χ3v) is 4.89. The van der Waals surface area contributed by atoms with Crippen LogP contribution in [0.5, 0.6) is 0 Å². The molecule has 4 heteroatoms. The highest BCUT2D eigenvalue weighted by atomic mass is 16.2. The number of nitrogens with zero attached hydrogens (tertiary/aromatic N) is 1. The molecule has 0 bridgehead atoms. The molecule has 0 radical (unpaired) electrons. The van der Waals surface area contributed by atoms with Crippen LogP contribution in [0.25, 0.3) is 0 Å². The van der Waals surface area contributed by atoms with Gasteiger partial charge in [-0.1, -0.05) is 56.0 Å². The van der Waals surface area contributed by atoms with Crippen LogP contribution in [0, 0.1) is 0 Å². The molecular formula is C18H24N2O2. The fraction of sp³-hybridized carbons (Fsp3) is 0.556. The van der Waals surface area contributed by atoms with Gasteiger partial charge in [-0.2, -0.15) is 0 Å². The van der Waals surface area contributed by atoms with Crippen molar-refractivity contribution < 1.29 is 9.59 Å². The molecule has 1 aromatic rings. The van der Waals surface area contributed by atoms with Crippen LogP contribution in [0.15, 0.2) is 30.3 Å². The second kappa shape index (κ2) is 6.51. The Bertz CT molecular complexity index is 533. The lowest BCUT2D eigenvalue weighted by molar-refractivity contribution is -0.131. The van der Waals surface area contributed by atoms with E-state index in [0.717, 1.165) is 38.5 Å². The van der Waals surface area contributed by atoms with Crippen LogP contribution in [0.3, 0.4) is 0 Å². The van der Waals surface area contributed by atoms with Crippen LogP contribution in [0.1, 0.15) is 50.5 Å². The van der Waals surface area contributed by atoms with Gasteiger partial charge in [-0.15, -0.1) is 0 Å². The normalized spacial score (nSPS) is 21.0. The summed E-state index contributed by atoms with van der Waals surface area (Å²) >= 11 is 0. The van der Waals surface area contributed by atoms with Gasteiger partial charge in [0.05, 0.1) is 0 Å². The summed E-state index contributed by atoms with van der Waals surface area (Å²) in [6, 6.07) is 10.0. The second-order valence-electron chi connectivity index (χ2n) is 6.47. The van der Waals surface area contributed by atoms with Crippen molar-refractivity contribution in [1.82, 2.24) is 10.2 Å². The lowest BCUT2D eigenvalue weighted by atomic mass is 9.90. The molecule has 0 unspecified atom stereocenters. The van der Waals surface area contributed by atoms with Crippen molar-refractivity contribution in [2.75, 3.05) is 6.54 Å². The SMILES string of the molecule is O=C1NC2(CCCCCC2)C(=O)N1CCCc1ccccc1. The molecule has 1 aliphatic heterocycles. The molecule has 118 valence electrons. The minimum Gasteiger partial charge on any atom is -0.323 e. The van der Waals surface area contributed by atoms with E-state index in [4.69, 9.17) is 0 Å². The summed E-state index contributed by atoms with van der Waals surface area (Å²) in [5.41, 5.74) is 0.652. The van der Waals surface area contributed by atoms with Gasteiger partial charge in [0.1, 0.15) is 5.54 Å². The van der Waals surface area contributed by atoms with Gasteiger partial charge in [-0.3, -0.25) is 9.69 Å². The van der Waals surface area contributed by atoms with Gasteiger partial charge in [0, 0.05) is 6.54 Å². The molecule has 2 fully saturated rings. The van der Waals surface area contributed by atoms with Gasteiger partial charge in [0.2, 0.25) is 0 Å². The number of benzene rings is 1. The molecule has 1 N–H and O–H groups in total. The molecule has 2 aliphatic rings. The standard InChI is InChI=1S/C18H24N2O2/c21-16-18(12-6-1-2-7-13-18)19-17(22)20(16)14-8-11-15-9-4-3-5-10-15/h3-5,9-10H,1-2,6-8,11-14H2,(H,19,22). The summed E-state index contributed by atoms with van der Waals surface area (Å²) in [4.78, 5) is 26.4. The quantitative estimate of drug-likeness (QED) is 0.868. The van der Waals surface area contributed by atoms with E-state index >= 15 is 0 Å². The zero-order valence-corrected chi connectivity index (χ0v) is 13.0. The molecule has 0 atom stereocenters. The van der Waals surface area contributed by atoms with E-state index in [2.05, 4.69) is 17.4 Å². The van der Waals surface area contributed by atoms with Crippen molar-refractivity contribution in [3.8, 4) is 0 Å². The lowest BCUT2D eigenvalue weighted by Gasteiger charge is -2.24. The maximum atomic E-state index is 12.7. The van der Waals surface area contributed by atoms with Crippen LogP contribution in [0.4, 0.5) is 4.79 Å². The van der Waals surface area contributed by atoms with Crippen molar-refractivity contribution in [2.45, 2.75) is 56.9 Å². The zero-order chi connectivity index (χ0) is 15.4. The van der Waals surface area contributed by atoms with Crippen LogP contribution < -0.4 is 5.32 Å². The fourth-order valence-electron chi connectivity index (χ4n) is 3.64. The first kappa shape index (κ1) is 15.1. The third-order valence-electron chi connectivity index (χ3n) is 4.89. The summed E-state index contributed by atoms with van der Waals surface area (Å²) < 4.78 is 0. The number of hydrogen-bond donors (Lipinski definition) is 1. The molecule has 3 rings (SSSR count). The third kappa shape index (κ3) is 3.01. The molecule has 1 heterocycles. The average Bonchev–Trinajstić information content (AvgIpc) is 2.71. The molecule has 1 saturated heterocycles. The average molecular weight is 300 g/mol. The highest BCUT2D eigenvalue weighted by molar-refractivity contribution is 6.07. The minimum absolute atomic E-state index is 0.00691. The molecule has 3 amide bonds. The van der Waals surface area contributed by atoms with E-state index < -0.39 is 5.54 Å². The number of rotatable bonds is 4. The smallest absolute Gasteiger partial charge is 0.323 e. The van der Waals surface area contributed by atoms with E-state index in [9.17, 15) is 9.59 Å². The Balaban J connectivity index is 1.59. The number of aryl methyl sites for hydroxylation is 1. The van der Waals surface area contributed by atoms with Crippen LogP contribution in [-0.4, -0.2) is 28.9 Å². The molecule has 22 heavy (non-hydrogen) atoms. The van der Waals surface area contributed by atoms with E-state index in [1.807, 2.05) is 18.2 Å². The number of carbonyl (C=O) groups excluding carboxylic acids is 2. The Labute approximate surface area is 131 Å². The number of urea groups is 1. The van der Waals surface area contributed by atoms with Crippen molar-refractivity contribution in [3.05, 3.63) is 35.9 Å². The molecular weight excluding hydrogens is 276 g/mol. The van der Waals surface area contributed by atoms with Crippen molar-refractivity contribution in [2.24, 2.45) is 0 Å². The summed E-state index contributed by atoms with van der Waals surface area (Å²) in [7, 11) is 0. The van der Waals surface area contributed by atoms with E-state index in [1.165, 1.54) is 23.3 Å². The molecule has 1 saturated carbocycles. The zero-order valence-electron chi connectivity index (χ0n) is 13.0. The Morgan fingerprint density at radius 2 is 1.68 bits per heavy atom. The molecule has 1 spiro atoms. The summed E-state index contributed by atoms with van der Waals surface area (Å²) in [6.45, 7) is 0.515. The summed E-state index contributed by atoms with van der Waals surface area (Å²) in [5, 5.41) is 3.00. The Morgan fingerprint density at radius 1 is 1.00 bits per heavy atom. The Kier molecular flexibility index (Phi) is 4.46. The number of amides is 3. The Hall–Kier alpha value is -1.84. The van der Waals surface area contributed by atoms with Crippen molar-refractivity contribution in [1.29, 1.82) is 0 Å². The predicted molar refractivity (Wildman–Crippen MR) is 85.4 cm³/mol. The van der Waals surface area contributed by atoms with Crippen LogP contribution in [0.2, 0.25) is 0 Å². The highest BCUT2D eigenvalue weighted by Gasteiger charge is 2.50. The summed E-state index contributed by atoms with van der Waals surface area (Å²) in [5.74, 6) is 0.00691. The van der Waals surface area contributed by atoms with Crippen molar-refractivity contribution in [3.63, 3.8) is 0 Å². The number of hydrogen-bond acceptors (Lipinski definition) is 2. The monoisotopic (exact) mass is 300 g/mol. The number of nitrogens with one attached hydrogen (secondary N) is 1. The largest absolute Gasteiger partial charge is 0.325 e. The number of imide groups is 1. The lowest BCUT2D eigenvalue weighted by Crippen LogP contribution is -2.46. The van der Waals surface area contributed by atoms with Crippen LogP contribution in [-0.2, 0) is 11.2 Å². The van der Waals surface area contributed by atoms with Gasteiger partial charge >= 0.3 is 6.03 Å². The predicted octanol–water partition coefficient (Wildman–Crippen LogP) is 3.26. The molecule has 0 aromatic heterocycles. The first-order chi connectivity index (χ1) is 10.7. The van der Waals surface area contributed by atoms with E-state index in [-0.39, 0.29) is 11.9 Å². The van der Waals surface area contributed by atoms with Crippen LogP contribution >= 0.6 is 0 Å². The van der Waals surface area contributed by atoms with Gasteiger partial charge < -0.3 is 5.32 Å². The van der Waals surface area contributed by atoms with E-state index in [1.54, 1.807) is 0 Å². The van der Waals surface area contributed by atoms with Crippen molar-refractivity contribution >= 4 is 11.9 Å². The summed E-state index contributed by atoms with van der Waals surface area (Å²) in [6.07, 6.45) is 7.70. The maximum Gasteiger partial charge on any atom is 0.325 e. The molecule has 4 nitrogen and oxygen atoms in total. The minimum atomic E-state index is -0.597. The molecule has 1 aromatic carbocycles. The van der Waals surface area contributed by atoms with Gasteiger partial charge in [0.25, 0.3) is 5.91 Å². The Morgan fingerprint density at radius 3 is 2.36 bits per heavy atom. The number of carbonyl (C=O) groups is 2. The highest BCUT2D eigenvalue weighted by Crippen LogP contribution is 2.32. The maximum absolute atomic E-state index is 12.7. The van der Waals surface area contributed by atoms with Gasteiger partial charge in [-0.05, 0) is 31.2 Å². The first-order valence-electron chi connectivity index (χ1n) is 8.39. The van der Waals surface area contributed by atoms with Gasteiger partial charge in [0.15, 0.2) is 0 Å². The molecule has 1 aliphatic carbocycles. The topological polar surface area (TPSA) is 49.4 Å². The van der Waals surface area contributed by atoms with E-state index in [0.29, 0.717) is 6.54 Å². The first-order valence-corrected chi connectivity index (χ1v) is 8.39. The second-order valence-corrected chi connectivity index (χ2v) is 6.47.